The summed E-state index contributed by atoms with van der Waals surface area (Å²) in [6.45, 7) is 1.48. The fourth-order valence-corrected chi connectivity index (χ4v) is 0.445. The van der Waals surface area contributed by atoms with E-state index in [4.69, 9.17) is 0 Å². The van der Waals surface area contributed by atoms with Crippen LogP contribution in [0, 0.1) is 0 Å². The van der Waals surface area contributed by atoms with Crippen molar-refractivity contribution in [2.45, 2.75) is 20.0 Å². The Morgan fingerprint density at radius 1 is 1.36 bits per heavy atom. The molecule has 66 valence electrons. The Morgan fingerprint density at radius 3 is 2.09 bits per heavy atom. The van der Waals surface area contributed by atoms with Gasteiger partial charge in [0.1, 0.15) is 5.83 Å². The topological polar surface area (TPSA) is 9.23 Å². The monoisotopic (exact) mass is 172 g/mol. The van der Waals surface area contributed by atoms with Gasteiger partial charge in [0.25, 0.3) is 0 Å². The van der Waals surface area contributed by atoms with E-state index in [-0.39, 0.29) is 6.61 Å². The Balaban J connectivity index is 4.42. The third-order valence-corrected chi connectivity index (χ3v) is 0.884. The summed E-state index contributed by atoms with van der Waals surface area (Å²) in [7, 11) is 0. The molecule has 0 N–H and O–H groups in total. The largest absolute Gasteiger partial charge is 0.411 e. The van der Waals surface area contributed by atoms with Gasteiger partial charge in [0.05, 0.1) is 6.61 Å². The van der Waals surface area contributed by atoms with Gasteiger partial charge >= 0.3 is 6.11 Å². The van der Waals surface area contributed by atoms with Crippen molar-refractivity contribution in [1.82, 2.24) is 0 Å². The van der Waals surface area contributed by atoms with Crippen molar-refractivity contribution >= 4 is 0 Å². The Morgan fingerprint density at radius 2 is 1.82 bits per heavy atom. The van der Waals surface area contributed by atoms with E-state index in [1.54, 1.807) is 0 Å². The lowest BCUT2D eigenvalue weighted by Gasteiger charge is -2.12. The second-order valence-electron chi connectivity index (χ2n) is 1.80. The zero-order chi connectivity index (χ0) is 9.07. The molecule has 0 aliphatic rings. The molecule has 5 heteroatoms. The third-order valence-electron chi connectivity index (χ3n) is 0.884. The Bertz CT molecular complexity index is 160. The zero-order valence-electron chi connectivity index (χ0n) is 6.13. The first-order valence-electron chi connectivity index (χ1n) is 2.96. The number of hydrogen-bond donors (Lipinski definition) is 0. The van der Waals surface area contributed by atoms with Crippen LogP contribution in [0.25, 0.3) is 0 Å². The Labute approximate surface area is 61.7 Å². The van der Waals surface area contributed by atoms with Crippen molar-refractivity contribution < 1.29 is 22.3 Å². The number of ether oxygens (including phenoxy) is 1. The van der Waals surface area contributed by atoms with Gasteiger partial charge in [-0.1, -0.05) is 0 Å². The molecule has 0 heterocycles. The van der Waals surface area contributed by atoms with E-state index < -0.39 is 17.8 Å². The molecule has 0 unspecified atom stereocenters. The minimum absolute atomic E-state index is 0.381. The Hall–Kier alpha value is -0.580. The average molecular weight is 172 g/mol. The number of allylic oxidation sites excluding steroid dienone is 1. The van der Waals surface area contributed by atoms with Crippen molar-refractivity contribution in [3.05, 3.63) is 11.7 Å². The molecule has 0 amide bonds. The highest BCUT2D eigenvalue weighted by atomic mass is 19.3. The van der Waals surface area contributed by atoms with Crippen LogP contribution in [-0.4, -0.2) is 12.7 Å². The molecule has 0 spiro atoms. The van der Waals surface area contributed by atoms with Gasteiger partial charge in [0.2, 0.25) is 5.83 Å². The predicted octanol–water partition coefficient (Wildman–Crippen LogP) is 2.79. The highest BCUT2D eigenvalue weighted by Crippen LogP contribution is 2.29. The minimum atomic E-state index is -4.13. The molecule has 0 saturated heterocycles. The molecule has 0 aliphatic heterocycles. The lowest BCUT2D eigenvalue weighted by molar-refractivity contribution is -0.218. The van der Waals surface area contributed by atoms with Crippen LogP contribution >= 0.6 is 0 Å². The van der Waals surface area contributed by atoms with Gasteiger partial charge in [-0.2, -0.15) is 13.2 Å². The van der Waals surface area contributed by atoms with Gasteiger partial charge in [-0.3, -0.25) is 0 Å². The number of halogens is 4. The highest BCUT2D eigenvalue weighted by Gasteiger charge is 2.38. The number of rotatable bonds is 3. The normalized spacial score (nSPS) is 14.7. The van der Waals surface area contributed by atoms with E-state index in [1.807, 2.05) is 0 Å². The molecular formula is C6H8F4O. The first kappa shape index (κ1) is 10.4. The van der Waals surface area contributed by atoms with E-state index in [9.17, 15) is 17.6 Å². The van der Waals surface area contributed by atoms with E-state index in [0.717, 1.165) is 0 Å². The third kappa shape index (κ3) is 2.88. The maximum Gasteiger partial charge on any atom is 0.411 e. The first-order valence-corrected chi connectivity index (χ1v) is 2.96. The lowest BCUT2D eigenvalue weighted by atomic mass is 10.4. The lowest BCUT2D eigenvalue weighted by Crippen LogP contribution is -2.22. The SMILES string of the molecule is CCOC(F)(F)/C(F)=C(/C)F. The second kappa shape index (κ2) is 3.71. The Kier molecular flexibility index (Phi) is 3.51. The quantitative estimate of drug-likeness (QED) is 0.595. The molecule has 0 bridgehead atoms. The summed E-state index contributed by atoms with van der Waals surface area (Å²) in [5, 5.41) is 0. The molecular weight excluding hydrogens is 164 g/mol. The molecule has 0 fully saturated rings. The van der Waals surface area contributed by atoms with Gasteiger partial charge in [-0.25, -0.2) is 4.39 Å². The van der Waals surface area contributed by atoms with Crippen LogP contribution in [0.3, 0.4) is 0 Å². The summed E-state index contributed by atoms with van der Waals surface area (Å²) in [5.41, 5.74) is 0. The number of hydrogen-bond acceptors (Lipinski definition) is 1. The van der Waals surface area contributed by atoms with Crippen LogP contribution in [0.2, 0.25) is 0 Å². The van der Waals surface area contributed by atoms with Crippen molar-refractivity contribution in [3.8, 4) is 0 Å². The van der Waals surface area contributed by atoms with Crippen molar-refractivity contribution in [1.29, 1.82) is 0 Å². The smallest absolute Gasteiger partial charge is 0.315 e. The molecule has 0 aliphatic carbocycles. The predicted molar refractivity (Wildman–Crippen MR) is 31.5 cm³/mol. The first-order chi connectivity index (χ1) is 4.91. The maximum absolute atomic E-state index is 12.2. The molecule has 11 heavy (non-hydrogen) atoms. The molecule has 0 aromatic carbocycles. The van der Waals surface area contributed by atoms with Gasteiger partial charge in [0.15, 0.2) is 0 Å². The van der Waals surface area contributed by atoms with Crippen LogP contribution in [0.5, 0.6) is 0 Å². The molecule has 0 saturated carbocycles. The fraction of sp³-hybridized carbons (Fsp3) is 0.667. The van der Waals surface area contributed by atoms with E-state index >= 15 is 0 Å². The molecule has 0 aromatic heterocycles. The summed E-state index contributed by atoms with van der Waals surface area (Å²) in [4.78, 5) is 0. The summed E-state index contributed by atoms with van der Waals surface area (Å²) >= 11 is 0. The van der Waals surface area contributed by atoms with Crippen LogP contribution < -0.4 is 0 Å². The van der Waals surface area contributed by atoms with Crippen LogP contribution in [0.15, 0.2) is 11.7 Å². The van der Waals surface area contributed by atoms with Crippen LogP contribution in [0.4, 0.5) is 17.6 Å². The molecule has 0 radical (unpaired) electrons. The fourth-order valence-electron chi connectivity index (χ4n) is 0.445. The van der Waals surface area contributed by atoms with Gasteiger partial charge < -0.3 is 4.74 Å². The van der Waals surface area contributed by atoms with Crippen molar-refractivity contribution in [3.63, 3.8) is 0 Å². The summed E-state index contributed by atoms with van der Waals surface area (Å²) in [6, 6.07) is 0. The van der Waals surface area contributed by atoms with Crippen LogP contribution in [-0.2, 0) is 4.74 Å². The van der Waals surface area contributed by atoms with Crippen molar-refractivity contribution in [2.24, 2.45) is 0 Å². The summed E-state index contributed by atoms with van der Waals surface area (Å²) in [5.74, 6) is -3.73. The highest BCUT2D eigenvalue weighted by molar-refractivity contribution is 5.03. The van der Waals surface area contributed by atoms with E-state index in [1.165, 1.54) is 6.92 Å². The zero-order valence-corrected chi connectivity index (χ0v) is 6.13. The molecule has 0 atom stereocenters. The molecule has 0 rings (SSSR count). The number of alkyl halides is 2. The maximum atomic E-state index is 12.2. The van der Waals surface area contributed by atoms with E-state index in [0.29, 0.717) is 6.92 Å². The average Bonchev–Trinajstić information content (AvgIpc) is 1.86. The second-order valence-corrected chi connectivity index (χ2v) is 1.80. The molecule has 1 nitrogen and oxygen atoms in total. The van der Waals surface area contributed by atoms with Crippen LogP contribution in [0.1, 0.15) is 13.8 Å². The summed E-state index contributed by atoms with van der Waals surface area (Å²) < 4.78 is 52.0. The van der Waals surface area contributed by atoms with Gasteiger partial charge in [0, 0.05) is 0 Å². The minimum Gasteiger partial charge on any atom is -0.315 e. The van der Waals surface area contributed by atoms with Gasteiger partial charge in [-0.05, 0) is 13.8 Å². The standard InChI is InChI=1S/C6H8F4O/c1-3-11-6(9,10)5(8)4(2)7/h3H2,1-2H3/b5-4+. The van der Waals surface area contributed by atoms with Gasteiger partial charge in [-0.15, -0.1) is 0 Å². The van der Waals surface area contributed by atoms with Crippen molar-refractivity contribution in [2.75, 3.05) is 6.61 Å². The summed E-state index contributed by atoms with van der Waals surface area (Å²) in [6.07, 6.45) is -4.13. The van der Waals surface area contributed by atoms with E-state index in [2.05, 4.69) is 4.74 Å². The molecule has 0 aromatic rings.